The van der Waals surface area contributed by atoms with Crippen LogP contribution in [0.3, 0.4) is 0 Å². The molecule has 4 rings (SSSR count). The highest BCUT2D eigenvalue weighted by Crippen LogP contribution is 2.30. The van der Waals surface area contributed by atoms with Crippen LogP contribution in [0.2, 0.25) is 0 Å². The van der Waals surface area contributed by atoms with Crippen LogP contribution in [0.4, 0.5) is 0 Å². The molecule has 3 atom stereocenters. The predicted octanol–water partition coefficient (Wildman–Crippen LogP) is 1.47. The first-order valence-corrected chi connectivity index (χ1v) is 11.2. The highest BCUT2D eigenvalue weighted by atomic mass is 16.2. The Bertz CT molecular complexity index is 907. The Morgan fingerprint density at radius 1 is 1.06 bits per heavy atom. The third kappa shape index (κ3) is 4.27. The summed E-state index contributed by atoms with van der Waals surface area (Å²) < 4.78 is 0. The number of nitrogens with zero attached hydrogens (tertiary/aromatic N) is 1. The maximum absolute atomic E-state index is 13.0. The molecule has 3 unspecified atom stereocenters. The molecule has 8 heteroatoms. The molecule has 2 fully saturated rings. The van der Waals surface area contributed by atoms with E-state index in [2.05, 4.69) is 10.6 Å². The Morgan fingerprint density at radius 2 is 1.77 bits per heavy atom. The van der Waals surface area contributed by atoms with Crippen molar-refractivity contribution in [2.75, 3.05) is 0 Å². The van der Waals surface area contributed by atoms with E-state index in [1.165, 1.54) is 32.1 Å². The number of carbonyl (C=O) groups excluding carboxylic acids is 4. The van der Waals surface area contributed by atoms with Gasteiger partial charge in [-0.1, -0.05) is 25.3 Å². The van der Waals surface area contributed by atoms with Crippen LogP contribution in [0.1, 0.15) is 78.1 Å². The van der Waals surface area contributed by atoms with Gasteiger partial charge in [-0.15, -0.1) is 0 Å². The fraction of sp³-hybridized carbons (Fsp3) is 0.565. The molecule has 1 aromatic carbocycles. The lowest BCUT2D eigenvalue weighted by Gasteiger charge is -2.33. The summed E-state index contributed by atoms with van der Waals surface area (Å²) in [6.45, 7) is 2.57. The number of rotatable bonds is 6. The molecule has 4 amide bonds. The highest BCUT2D eigenvalue weighted by Gasteiger charge is 2.44. The van der Waals surface area contributed by atoms with E-state index in [-0.39, 0.29) is 30.8 Å². The van der Waals surface area contributed by atoms with Crippen LogP contribution in [-0.4, -0.2) is 46.7 Å². The van der Waals surface area contributed by atoms with Crippen molar-refractivity contribution in [1.29, 1.82) is 0 Å². The van der Waals surface area contributed by atoms with E-state index in [0.29, 0.717) is 23.6 Å². The normalized spacial score (nSPS) is 24.2. The average Bonchev–Trinajstić information content (AvgIpc) is 2.99. The molecule has 4 N–H and O–H groups in total. The number of hydrogen-bond acceptors (Lipinski definition) is 6. The van der Waals surface area contributed by atoms with Crippen LogP contribution < -0.4 is 16.4 Å². The summed E-state index contributed by atoms with van der Waals surface area (Å²) in [6.07, 6.45) is 6.38. The summed E-state index contributed by atoms with van der Waals surface area (Å²) in [4.78, 5) is 50.4. The van der Waals surface area contributed by atoms with Crippen molar-refractivity contribution in [3.05, 3.63) is 34.9 Å². The quantitative estimate of drug-likeness (QED) is 0.592. The van der Waals surface area contributed by atoms with Gasteiger partial charge in [0.05, 0.1) is 11.1 Å². The summed E-state index contributed by atoms with van der Waals surface area (Å²) in [5.74, 6) is -1.39. The van der Waals surface area contributed by atoms with Gasteiger partial charge in [-0.3, -0.25) is 29.4 Å². The first-order valence-electron chi connectivity index (χ1n) is 11.2. The Labute approximate surface area is 181 Å². The summed E-state index contributed by atoms with van der Waals surface area (Å²) in [7, 11) is 0. The van der Waals surface area contributed by atoms with Gasteiger partial charge in [-0.05, 0) is 49.8 Å². The van der Waals surface area contributed by atoms with E-state index in [0.717, 1.165) is 10.5 Å². The largest absolute Gasteiger partial charge is 0.327 e. The lowest BCUT2D eigenvalue weighted by Crippen LogP contribution is -2.54. The Hall–Kier alpha value is -2.58. The molecule has 0 aromatic heterocycles. The predicted molar refractivity (Wildman–Crippen MR) is 114 cm³/mol. The lowest BCUT2D eigenvalue weighted by molar-refractivity contribution is -0.136. The van der Waals surface area contributed by atoms with Crippen molar-refractivity contribution in [3.8, 4) is 0 Å². The zero-order valence-corrected chi connectivity index (χ0v) is 17.9. The number of imide groups is 2. The van der Waals surface area contributed by atoms with Crippen molar-refractivity contribution < 1.29 is 19.2 Å². The van der Waals surface area contributed by atoms with Crippen LogP contribution in [0.25, 0.3) is 0 Å². The second-order valence-corrected chi connectivity index (χ2v) is 8.99. The molecule has 1 saturated carbocycles. The minimum Gasteiger partial charge on any atom is -0.327 e. The molecule has 1 saturated heterocycles. The second kappa shape index (κ2) is 8.88. The molecule has 0 spiro atoms. The third-order valence-corrected chi connectivity index (χ3v) is 6.77. The number of nitrogens with one attached hydrogen (secondary N) is 2. The van der Waals surface area contributed by atoms with Gasteiger partial charge in [0.15, 0.2) is 0 Å². The van der Waals surface area contributed by atoms with Crippen LogP contribution in [0, 0.1) is 5.92 Å². The van der Waals surface area contributed by atoms with Crippen molar-refractivity contribution in [2.24, 2.45) is 11.7 Å². The van der Waals surface area contributed by atoms with E-state index in [4.69, 9.17) is 5.73 Å². The summed E-state index contributed by atoms with van der Waals surface area (Å²) in [5.41, 5.74) is 7.76. The lowest BCUT2D eigenvalue weighted by atomic mass is 9.81. The Morgan fingerprint density at radius 3 is 2.45 bits per heavy atom. The third-order valence-electron chi connectivity index (χ3n) is 6.77. The maximum atomic E-state index is 13.0. The topological polar surface area (TPSA) is 122 Å². The molecular formula is C23H30N4O4. The molecule has 3 aliphatic rings. The van der Waals surface area contributed by atoms with E-state index in [1.807, 2.05) is 13.0 Å². The number of fused-ring (bicyclic) bond motifs is 1. The fourth-order valence-corrected chi connectivity index (χ4v) is 5.14. The van der Waals surface area contributed by atoms with Crippen LogP contribution in [0.5, 0.6) is 0 Å². The van der Waals surface area contributed by atoms with Gasteiger partial charge in [-0.2, -0.15) is 0 Å². The zero-order chi connectivity index (χ0) is 22.1. The molecular weight excluding hydrogens is 396 g/mol. The zero-order valence-electron chi connectivity index (χ0n) is 17.9. The van der Waals surface area contributed by atoms with Gasteiger partial charge in [0.1, 0.15) is 6.04 Å². The van der Waals surface area contributed by atoms with Crippen LogP contribution in [0.15, 0.2) is 18.2 Å². The van der Waals surface area contributed by atoms with Crippen molar-refractivity contribution in [1.82, 2.24) is 15.5 Å². The number of benzene rings is 1. The molecule has 0 radical (unpaired) electrons. The Kier molecular flexibility index (Phi) is 6.20. The highest BCUT2D eigenvalue weighted by molar-refractivity contribution is 6.23. The first kappa shape index (κ1) is 21.6. The fourth-order valence-electron chi connectivity index (χ4n) is 5.14. The van der Waals surface area contributed by atoms with Gasteiger partial charge >= 0.3 is 0 Å². The average molecular weight is 427 g/mol. The smallest absolute Gasteiger partial charge is 0.262 e. The molecule has 2 aliphatic heterocycles. The minimum absolute atomic E-state index is 0.0174. The van der Waals surface area contributed by atoms with Gasteiger partial charge in [0.2, 0.25) is 11.8 Å². The molecule has 1 aromatic rings. The summed E-state index contributed by atoms with van der Waals surface area (Å²) in [6, 6.07) is 4.49. The maximum Gasteiger partial charge on any atom is 0.262 e. The minimum atomic E-state index is -0.944. The number of nitrogens with two attached hydrogens (primary N) is 1. The molecule has 1 aliphatic carbocycles. The number of amides is 4. The summed E-state index contributed by atoms with van der Waals surface area (Å²) >= 11 is 0. The first-order chi connectivity index (χ1) is 14.9. The van der Waals surface area contributed by atoms with Crippen LogP contribution >= 0.6 is 0 Å². The van der Waals surface area contributed by atoms with Crippen molar-refractivity contribution in [3.63, 3.8) is 0 Å². The van der Waals surface area contributed by atoms with Gasteiger partial charge < -0.3 is 11.1 Å². The Balaban J connectivity index is 1.48. The SMILES string of the molecule is CC(N)C(NCc1ccc2c(c1)C(=O)N(C1CCC(=O)NC1=O)C2=O)C1CCCCC1. The molecule has 31 heavy (non-hydrogen) atoms. The molecule has 8 nitrogen and oxygen atoms in total. The van der Waals surface area contributed by atoms with Gasteiger partial charge in [0, 0.05) is 25.0 Å². The van der Waals surface area contributed by atoms with Crippen LogP contribution in [-0.2, 0) is 16.1 Å². The van der Waals surface area contributed by atoms with E-state index in [9.17, 15) is 19.2 Å². The van der Waals surface area contributed by atoms with Crippen molar-refractivity contribution >= 4 is 23.6 Å². The van der Waals surface area contributed by atoms with Crippen molar-refractivity contribution in [2.45, 2.75) is 76.5 Å². The van der Waals surface area contributed by atoms with E-state index < -0.39 is 23.8 Å². The second-order valence-electron chi connectivity index (χ2n) is 8.99. The number of piperidine rings is 1. The standard InChI is InChI=1S/C23H30N4O4/c1-13(24)20(15-5-3-2-4-6-15)25-12-14-7-8-16-17(11-14)23(31)27(22(16)30)18-9-10-19(28)26-21(18)29/h7-8,11,13,15,18,20,25H,2-6,9-10,12,24H2,1H3,(H,26,28,29). The number of carbonyl (C=O) groups is 4. The molecule has 0 bridgehead atoms. The van der Waals surface area contributed by atoms with Gasteiger partial charge in [-0.25, -0.2) is 0 Å². The van der Waals surface area contributed by atoms with Gasteiger partial charge in [0.25, 0.3) is 11.8 Å². The van der Waals surface area contributed by atoms with E-state index >= 15 is 0 Å². The molecule has 166 valence electrons. The monoisotopic (exact) mass is 426 g/mol. The summed E-state index contributed by atoms with van der Waals surface area (Å²) in [5, 5.41) is 5.79. The molecule has 2 heterocycles. The van der Waals surface area contributed by atoms with E-state index in [1.54, 1.807) is 12.1 Å². The number of hydrogen-bond donors (Lipinski definition) is 3.